The number of anilines is 2. The summed E-state index contributed by atoms with van der Waals surface area (Å²) in [6.07, 6.45) is 4.87. The number of aryl methyl sites for hydroxylation is 1. The van der Waals surface area contributed by atoms with Crippen LogP contribution < -0.4 is 11.1 Å². The van der Waals surface area contributed by atoms with Crippen LogP contribution in [0.5, 0.6) is 0 Å². The van der Waals surface area contributed by atoms with E-state index in [-0.39, 0.29) is 12.3 Å². The van der Waals surface area contributed by atoms with Crippen LogP contribution >= 0.6 is 11.3 Å². The number of nitrogen functional groups attached to an aromatic ring is 1. The second-order valence-corrected chi connectivity index (χ2v) is 5.94. The van der Waals surface area contributed by atoms with Crippen LogP contribution in [0.2, 0.25) is 0 Å². The fourth-order valence-corrected chi connectivity index (χ4v) is 3.22. The maximum Gasteiger partial charge on any atom is 0.230 e. The number of carbonyl (C=O) groups excluding carboxylic acids is 1. The zero-order valence-corrected chi connectivity index (χ0v) is 12.0. The van der Waals surface area contributed by atoms with E-state index in [1.807, 2.05) is 17.5 Å². The first-order valence-corrected chi connectivity index (χ1v) is 7.71. The van der Waals surface area contributed by atoms with Gasteiger partial charge in [0.2, 0.25) is 5.91 Å². The number of carbonyl (C=O) groups is 1. The van der Waals surface area contributed by atoms with E-state index in [0.717, 1.165) is 24.2 Å². The lowest BCUT2D eigenvalue weighted by molar-refractivity contribution is -0.115. The highest BCUT2D eigenvalue weighted by molar-refractivity contribution is 7.13. The molecule has 1 amide bonds. The Kier molecular flexibility index (Phi) is 3.69. The van der Waals surface area contributed by atoms with Crippen LogP contribution in [0.15, 0.2) is 23.6 Å². The minimum absolute atomic E-state index is 0.0331. The summed E-state index contributed by atoms with van der Waals surface area (Å²) in [7, 11) is 0. The van der Waals surface area contributed by atoms with Crippen LogP contribution in [0.25, 0.3) is 0 Å². The summed E-state index contributed by atoms with van der Waals surface area (Å²) in [5.41, 5.74) is 9.92. The van der Waals surface area contributed by atoms with Crippen LogP contribution in [0.4, 0.5) is 10.8 Å². The van der Waals surface area contributed by atoms with Crippen molar-refractivity contribution in [3.63, 3.8) is 0 Å². The van der Waals surface area contributed by atoms with Crippen LogP contribution in [0.3, 0.4) is 0 Å². The molecule has 0 unspecified atom stereocenters. The van der Waals surface area contributed by atoms with Gasteiger partial charge >= 0.3 is 0 Å². The van der Waals surface area contributed by atoms with Crippen LogP contribution in [0, 0.1) is 0 Å². The van der Waals surface area contributed by atoms with Crippen molar-refractivity contribution in [2.24, 2.45) is 0 Å². The van der Waals surface area contributed by atoms with Crippen molar-refractivity contribution in [3.05, 3.63) is 40.4 Å². The topological polar surface area (TPSA) is 68.0 Å². The van der Waals surface area contributed by atoms with Gasteiger partial charge in [-0.2, -0.15) is 0 Å². The number of aromatic nitrogens is 1. The van der Waals surface area contributed by atoms with Crippen molar-refractivity contribution >= 4 is 28.1 Å². The van der Waals surface area contributed by atoms with Gasteiger partial charge in [0.15, 0.2) is 5.13 Å². The summed E-state index contributed by atoms with van der Waals surface area (Å²) >= 11 is 1.36. The van der Waals surface area contributed by atoms with Gasteiger partial charge in [0, 0.05) is 11.1 Å². The highest BCUT2D eigenvalue weighted by Crippen LogP contribution is 2.27. The molecule has 3 N–H and O–H groups in total. The van der Waals surface area contributed by atoms with Gasteiger partial charge in [0.1, 0.15) is 0 Å². The number of amides is 1. The lowest BCUT2D eigenvalue weighted by Crippen LogP contribution is -2.17. The normalized spacial score (nSPS) is 13.8. The quantitative estimate of drug-likeness (QED) is 0.912. The predicted molar refractivity (Wildman–Crippen MR) is 81.9 cm³/mol. The molecule has 3 rings (SSSR count). The third-order valence-electron chi connectivity index (χ3n) is 3.58. The standard InChI is InChI=1S/C15H17N3OS/c16-15-17-11(9-20-15)8-14(19)18-13-7-3-5-10-4-1-2-6-12(10)13/h3,5,7,9H,1-2,4,6,8H2,(H2,16,17)(H,18,19). The number of fused-ring (bicyclic) bond motifs is 1. The molecule has 1 aromatic heterocycles. The van der Waals surface area contributed by atoms with Gasteiger partial charge in [-0.05, 0) is 42.9 Å². The molecule has 1 aromatic carbocycles. The Labute approximate surface area is 122 Å². The fourth-order valence-electron chi connectivity index (χ4n) is 2.66. The Morgan fingerprint density at radius 1 is 1.35 bits per heavy atom. The Bertz CT molecular complexity index is 636. The van der Waals surface area contributed by atoms with Crippen molar-refractivity contribution in [2.45, 2.75) is 32.1 Å². The minimum Gasteiger partial charge on any atom is -0.375 e. The number of nitrogens with one attached hydrogen (secondary N) is 1. The number of hydrogen-bond acceptors (Lipinski definition) is 4. The van der Waals surface area contributed by atoms with E-state index < -0.39 is 0 Å². The Morgan fingerprint density at radius 3 is 3.00 bits per heavy atom. The lowest BCUT2D eigenvalue weighted by atomic mass is 9.90. The van der Waals surface area contributed by atoms with E-state index in [1.165, 1.54) is 35.3 Å². The van der Waals surface area contributed by atoms with Crippen molar-refractivity contribution in [1.82, 2.24) is 4.98 Å². The molecular formula is C15H17N3OS. The Hall–Kier alpha value is -1.88. The van der Waals surface area contributed by atoms with E-state index in [4.69, 9.17) is 5.73 Å². The van der Waals surface area contributed by atoms with Gasteiger partial charge in [-0.25, -0.2) is 4.98 Å². The number of hydrogen-bond donors (Lipinski definition) is 2. The molecule has 104 valence electrons. The smallest absolute Gasteiger partial charge is 0.230 e. The number of thiazole rings is 1. The average Bonchev–Trinajstić information content (AvgIpc) is 2.84. The summed E-state index contributed by atoms with van der Waals surface area (Å²) in [6, 6.07) is 6.16. The van der Waals surface area contributed by atoms with Gasteiger partial charge in [-0.3, -0.25) is 4.79 Å². The van der Waals surface area contributed by atoms with Gasteiger partial charge in [0.25, 0.3) is 0 Å². The summed E-state index contributed by atoms with van der Waals surface area (Å²) in [6.45, 7) is 0. The molecule has 5 heteroatoms. The highest BCUT2D eigenvalue weighted by Gasteiger charge is 2.15. The maximum absolute atomic E-state index is 12.1. The average molecular weight is 287 g/mol. The second-order valence-electron chi connectivity index (χ2n) is 5.05. The predicted octanol–water partition coefficient (Wildman–Crippen LogP) is 2.79. The molecule has 0 aliphatic heterocycles. The number of benzene rings is 1. The summed E-state index contributed by atoms with van der Waals surface area (Å²) in [4.78, 5) is 16.2. The molecule has 0 spiro atoms. The Morgan fingerprint density at radius 2 is 2.20 bits per heavy atom. The molecule has 0 bridgehead atoms. The van der Waals surface area contributed by atoms with Crippen LogP contribution in [0.1, 0.15) is 29.7 Å². The fraction of sp³-hybridized carbons (Fsp3) is 0.333. The molecular weight excluding hydrogens is 270 g/mol. The third kappa shape index (κ3) is 2.82. The monoisotopic (exact) mass is 287 g/mol. The molecule has 0 saturated carbocycles. The van der Waals surface area contributed by atoms with Crippen molar-refractivity contribution < 1.29 is 4.79 Å². The molecule has 4 nitrogen and oxygen atoms in total. The molecule has 20 heavy (non-hydrogen) atoms. The van der Waals surface area contributed by atoms with Gasteiger partial charge in [-0.15, -0.1) is 11.3 Å². The molecule has 0 atom stereocenters. The summed E-state index contributed by atoms with van der Waals surface area (Å²) in [5.74, 6) is -0.0331. The molecule has 0 saturated heterocycles. The molecule has 1 aliphatic rings. The van der Waals surface area contributed by atoms with Crippen molar-refractivity contribution in [2.75, 3.05) is 11.1 Å². The molecule has 0 radical (unpaired) electrons. The van der Waals surface area contributed by atoms with E-state index in [0.29, 0.717) is 5.13 Å². The SMILES string of the molecule is Nc1nc(CC(=O)Nc2cccc3c2CCCC3)cs1. The highest BCUT2D eigenvalue weighted by atomic mass is 32.1. The first-order chi connectivity index (χ1) is 9.72. The van der Waals surface area contributed by atoms with Gasteiger partial charge < -0.3 is 11.1 Å². The first-order valence-electron chi connectivity index (χ1n) is 6.83. The summed E-state index contributed by atoms with van der Waals surface area (Å²) in [5, 5.41) is 5.35. The van der Waals surface area contributed by atoms with Gasteiger partial charge in [-0.1, -0.05) is 12.1 Å². The van der Waals surface area contributed by atoms with Crippen molar-refractivity contribution in [3.8, 4) is 0 Å². The first kappa shape index (κ1) is 13.1. The molecule has 1 heterocycles. The second kappa shape index (κ2) is 5.63. The van der Waals surface area contributed by atoms with E-state index in [2.05, 4.69) is 16.4 Å². The van der Waals surface area contributed by atoms with E-state index >= 15 is 0 Å². The van der Waals surface area contributed by atoms with Crippen LogP contribution in [-0.2, 0) is 24.1 Å². The lowest BCUT2D eigenvalue weighted by Gasteiger charge is -2.19. The molecule has 1 aliphatic carbocycles. The van der Waals surface area contributed by atoms with Crippen LogP contribution in [-0.4, -0.2) is 10.9 Å². The minimum atomic E-state index is -0.0331. The maximum atomic E-state index is 12.1. The summed E-state index contributed by atoms with van der Waals surface area (Å²) < 4.78 is 0. The number of nitrogens with two attached hydrogens (primary N) is 1. The number of nitrogens with zero attached hydrogens (tertiary/aromatic N) is 1. The zero-order chi connectivity index (χ0) is 13.9. The van der Waals surface area contributed by atoms with E-state index in [9.17, 15) is 4.79 Å². The van der Waals surface area contributed by atoms with Crippen molar-refractivity contribution in [1.29, 1.82) is 0 Å². The molecule has 2 aromatic rings. The van der Waals surface area contributed by atoms with Gasteiger partial charge in [0.05, 0.1) is 12.1 Å². The Balaban J connectivity index is 1.73. The third-order valence-corrected chi connectivity index (χ3v) is 4.30. The molecule has 0 fully saturated rings. The number of rotatable bonds is 3. The van der Waals surface area contributed by atoms with E-state index in [1.54, 1.807) is 0 Å². The largest absolute Gasteiger partial charge is 0.375 e. The zero-order valence-electron chi connectivity index (χ0n) is 11.2.